The Balaban J connectivity index is 1.96. The molecule has 162 valence electrons. The van der Waals surface area contributed by atoms with E-state index in [2.05, 4.69) is 5.10 Å². The molecule has 0 spiro atoms. The number of benzene rings is 3. The number of ether oxygens (including phenoxy) is 3. The van der Waals surface area contributed by atoms with E-state index in [1.165, 1.54) is 4.68 Å². The molecular weight excluding hydrogens is 406 g/mol. The topological polar surface area (TPSA) is 74.9 Å². The number of fused-ring (bicyclic) bond motifs is 1. The third-order valence-electron chi connectivity index (χ3n) is 5.06. The van der Waals surface area contributed by atoms with Crippen molar-refractivity contribution in [2.75, 3.05) is 21.3 Å². The van der Waals surface area contributed by atoms with Crippen molar-refractivity contribution >= 4 is 17.1 Å². The fourth-order valence-electron chi connectivity index (χ4n) is 3.43. The number of aryl methyl sites for hydroxylation is 1. The molecule has 0 bridgehead atoms. The maximum Gasteiger partial charge on any atom is 0.282 e. The van der Waals surface area contributed by atoms with E-state index in [9.17, 15) is 4.79 Å². The van der Waals surface area contributed by atoms with Gasteiger partial charge in [-0.2, -0.15) is 9.78 Å². The summed E-state index contributed by atoms with van der Waals surface area (Å²) in [5.74, 6) is 2.07. The molecule has 4 aromatic rings. The van der Waals surface area contributed by atoms with Crippen molar-refractivity contribution in [3.63, 3.8) is 0 Å². The molecule has 0 aliphatic carbocycles. The smallest absolute Gasteiger partial charge is 0.282 e. The van der Waals surface area contributed by atoms with Crippen LogP contribution in [0.1, 0.15) is 11.1 Å². The van der Waals surface area contributed by atoms with E-state index in [1.807, 2.05) is 37.3 Å². The summed E-state index contributed by atoms with van der Waals surface area (Å²) < 4.78 is 17.4. The van der Waals surface area contributed by atoms with Crippen LogP contribution in [0.3, 0.4) is 0 Å². The minimum atomic E-state index is -0.303. The van der Waals surface area contributed by atoms with Crippen LogP contribution in [-0.4, -0.2) is 37.2 Å². The number of hydrogen-bond donors (Lipinski definition) is 0. The van der Waals surface area contributed by atoms with Gasteiger partial charge in [-0.05, 0) is 48.9 Å². The Labute approximate surface area is 185 Å². The second-order valence-electron chi connectivity index (χ2n) is 7.16. The molecule has 1 heterocycles. The Morgan fingerprint density at radius 2 is 1.72 bits per heavy atom. The highest BCUT2D eigenvalue weighted by atomic mass is 16.5. The molecule has 0 unspecified atom stereocenters. The van der Waals surface area contributed by atoms with Crippen LogP contribution in [0.2, 0.25) is 0 Å². The lowest BCUT2D eigenvalue weighted by molar-refractivity contribution is 0.355. The summed E-state index contributed by atoms with van der Waals surface area (Å²) in [4.78, 5) is 18.2. The minimum absolute atomic E-state index is 0.303. The minimum Gasteiger partial charge on any atom is -0.497 e. The first-order valence-corrected chi connectivity index (χ1v) is 9.98. The van der Waals surface area contributed by atoms with Crippen LogP contribution in [0.4, 0.5) is 0 Å². The molecule has 0 aliphatic rings. The Morgan fingerprint density at radius 3 is 2.44 bits per heavy atom. The molecule has 0 saturated carbocycles. The molecule has 0 N–H and O–H groups in total. The SMILES string of the molecule is COc1ccc2nc(-c3ccc(OC)c(OC)c3)n(N=Cc3cccc(C)c3)c(=O)c2c1. The largest absolute Gasteiger partial charge is 0.497 e. The number of aromatic nitrogens is 2. The summed E-state index contributed by atoms with van der Waals surface area (Å²) in [6, 6.07) is 18.4. The van der Waals surface area contributed by atoms with Gasteiger partial charge in [0, 0.05) is 5.56 Å². The van der Waals surface area contributed by atoms with Gasteiger partial charge in [-0.3, -0.25) is 4.79 Å². The number of nitrogens with zero attached hydrogens (tertiary/aromatic N) is 3. The van der Waals surface area contributed by atoms with Gasteiger partial charge in [0.15, 0.2) is 17.3 Å². The lowest BCUT2D eigenvalue weighted by atomic mass is 10.1. The first kappa shape index (κ1) is 21.1. The van der Waals surface area contributed by atoms with Crippen LogP contribution in [0, 0.1) is 6.92 Å². The Hall–Kier alpha value is -4.13. The maximum absolute atomic E-state index is 13.5. The summed E-state index contributed by atoms with van der Waals surface area (Å²) in [5, 5.41) is 4.91. The molecular formula is C25H23N3O4. The highest BCUT2D eigenvalue weighted by Crippen LogP contribution is 2.32. The third kappa shape index (κ3) is 4.05. The molecule has 7 nitrogen and oxygen atoms in total. The van der Waals surface area contributed by atoms with Gasteiger partial charge in [0.1, 0.15) is 5.75 Å². The summed E-state index contributed by atoms with van der Waals surface area (Å²) in [6.07, 6.45) is 1.65. The molecule has 0 radical (unpaired) electrons. The predicted octanol–water partition coefficient (Wildman–Crippen LogP) is 4.28. The fraction of sp³-hybridized carbons (Fsp3) is 0.160. The summed E-state index contributed by atoms with van der Waals surface area (Å²) in [5.41, 5.74) is 2.88. The second kappa shape index (κ2) is 8.93. The standard InChI is InChI=1S/C25H23N3O4/c1-16-6-5-7-17(12-16)15-26-28-24(18-8-11-22(31-3)23(13-18)32-4)27-21-10-9-19(30-2)14-20(21)25(28)29/h5-15H,1-4H3. The van der Waals surface area contributed by atoms with Crippen molar-refractivity contribution in [3.8, 4) is 28.6 Å². The molecule has 4 rings (SSSR count). The van der Waals surface area contributed by atoms with Gasteiger partial charge >= 0.3 is 0 Å². The normalized spacial score (nSPS) is 11.1. The van der Waals surface area contributed by atoms with Gasteiger partial charge in [0.2, 0.25) is 0 Å². The molecule has 0 atom stereocenters. The van der Waals surface area contributed by atoms with Crippen LogP contribution in [-0.2, 0) is 0 Å². The van der Waals surface area contributed by atoms with Crippen molar-refractivity contribution < 1.29 is 14.2 Å². The van der Waals surface area contributed by atoms with Crippen molar-refractivity contribution in [2.45, 2.75) is 6.92 Å². The Bertz CT molecular complexity index is 1380. The van der Waals surface area contributed by atoms with Crippen molar-refractivity contribution in [1.29, 1.82) is 0 Å². The quantitative estimate of drug-likeness (QED) is 0.428. The van der Waals surface area contributed by atoms with Gasteiger partial charge in [-0.15, -0.1) is 0 Å². The lowest BCUT2D eigenvalue weighted by Crippen LogP contribution is -2.20. The van der Waals surface area contributed by atoms with E-state index in [4.69, 9.17) is 19.2 Å². The zero-order valence-electron chi connectivity index (χ0n) is 18.3. The van der Waals surface area contributed by atoms with Gasteiger partial charge in [0.25, 0.3) is 5.56 Å². The van der Waals surface area contributed by atoms with E-state index < -0.39 is 0 Å². The molecule has 0 saturated heterocycles. The first-order valence-electron chi connectivity index (χ1n) is 9.98. The van der Waals surface area contributed by atoms with Gasteiger partial charge in [-0.1, -0.05) is 29.8 Å². The average Bonchev–Trinajstić information content (AvgIpc) is 2.82. The van der Waals surface area contributed by atoms with E-state index in [0.29, 0.717) is 39.5 Å². The Morgan fingerprint density at radius 1 is 0.906 bits per heavy atom. The predicted molar refractivity (Wildman–Crippen MR) is 125 cm³/mol. The van der Waals surface area contributed by atoms with Crippen LogP contribution < -0.4 is 19.8 Å². The number of hydrogen-bond acceptors (Lipinski definition) is 6. The first-order chi connectivity index (χ1) is 15.5. The van der Waals surface area contributed by atoms with Crippen LogP contribution in [0.5, 0.6) is 17.2 Å². The van der Waals surface area contributed by atoms with E-state index in [1.54, 1.807) is 57.9 Å². The molecule has 7 heteroatoms. The molecule has 0 amide bonds. The summed E-state index contributed by atoms with van der Waals surface area (Å²) in [6.45, 7) is 2.00. The zero-order chi connectivity index (χ0) is 22.7. The lowest BCUT2D eigenvalue weighted by Gasteiger charge is -2.13. The Kier molecular flexibility index (Phi) is 5.89. The number of methoxy groups -OCH3 is 3. The van der Waals surface area contributed by atoms with E-state index >= 15 is 0 Å². The van der Waals surface area contributed by atoms with Crippen molar-refractivity contribution in [3.05, 3.63) is 82.1 Å². The van der Waals surface area contributed by atoms with Crippen molar-refractivity contribution in [1.82, 2.24) is 9.66 Å². The summed E-state index contributed by atoms with van der Waals surface area (Å²) in [7, 11) is 4.69. The van der Waals surface area contributed by atoms with Crippen LogP contribution in [0.15, 0.2) is 70.6 Å². The highest BCUT2D eigenvalue weighted by Gasteiger charge is 2.15. The third-order valence-corrected chi connectivity index (χ3v) is 5.06. The van der Waals surface area contributed by atoms with Crippen LogP contribution >= 0.6 is 0 Å². The molecule has 0 fully saturated rings. The highest BCUT2D eigenvalue weighted by molar-refractivity contribution is 5.83. The van der Waals surface area contributed by atoms with Crippen LogP contribution in [0.25, 0.3) is 22.3 Å². The average molecular weight is 429 g/mol. The van der Waals surface area contributed by atoms with E-state index in [0.717, 1.165) is 11.1 Å². The van der Waals surface area contributed by atoms with Gasteiger partial charge in [0.05, 0.1) is 38.4 Å². The molecule has 3 aromatic carbocycles. The van der Waals surface area contributed by atoms with Gasteiger partial charge < -0.3 is 14.2 Å². The van der Waals surface area contributed by atoms with Crippen molar-refractivity contribution in [2.24, 2.45) is 5.10 Å². The molecule has 1 aromatic heterocycles. The maximum atomic E-state index is 13.5. The summed E-state index contributed by atoms with van der Waals surface area (Å²) >= 11 is 0. The molecule has 32 heavy (non-hydrogen) atoms. The fourth-order valence-corrected chi connectivity index (χ4v) is 3.43. The van der Waals surface area contributed by atoms with E-state index in [-0.39, 0.29) is 5.56 Å². The second-order valence-corrected chi connectivity index (χ2v) is 7.16. The monoisotopic (exact) mass is 429 g/mol. The van der Waals surface area contributed by atoms with Gasteiger partial charge in [-0.25, -0.2) is 4.98 Å². The zero-order valence-corrected chi connectivity index (χ0v) is 18.3. The molecule has 0 aliphatic heterocycles. The number of rotatable bonds is 6.